The number of hydrogen-bond acceptors (Lipinski definition) is 2. The molecule has 0 fully saturated rings. The van der Waals surface area contributed by atoms with E-state index in [2.05, 4.69) is 9.98 Å². The Kier molecular flexibility index (Phi) is 5.52. The standard InChI is InChI=1S/C16H14Cl2FN3/c1-22(2)10-21-16-13(17)7-12(8-14(16)18)20-9-11-5-3-4-6-15(11)19/h3-10H,1-2H3. The Balaban J connectivity index is 2.29. The van der Waals surface area contributed by atoms with Crippen molar-refractivity contribution in [1.82, 2.24) is 4.90 Å². The van der Waals surface area contributed by atoms with Gasteiger partial charge in [0.05, 0.1) is 22.1 Å². The number of halogens is 3. The fourth-order valence-electron chi connectivity index (χ4n) is 1.65. The highest BCUT2D eigenvalue weighted by atomic mass is 35.5. The summed E-state index contributed by atoms with van der Waals surface area (Å²) in [6.45, 7) is 0. The molecule has 22 heavy (non-hydrogen) atoms. The van der Waals surface area contributed by atoms with Gasteiger partial charge in [0, 0.05) is 25.9 Å². The minimum atomic E-state index is -0.337. The minimum absolute atomic E-state index is 0.337. The molecule has 0 spiro atoms. The van der Waals surface area contributed by atoms with Crippen LogP contribution in [0.2, 0.25) is 10.0 Å². The van der Waals surface area contributed by atoms with E-state index in [1.807, 2.05) is 14.1 Å². The molecule has 2 rings (SSSR count). The molecule has 0 aliphatic heterocycles. The molecule has 3 nitrogen and oxygen atoms in total. The van der Waals surface area contributed by atoms with Crippen molar-refractivity contribution in [3.05, 3.63) is 57.8 Å². The summed E-state index contributed by atoms with van der Waals surface area (Å²) in [5.41, 5.74) is 1.40. The highest BCUT2D eigenvalue weighted by molar-refractivity contribution is 6.39. The molecule has 0 saturated heterocycles. The monoisotopic (exact) mass is 337 g/mol. The van der Waals surface area contributed by atoms with Gasteiger partial charge < -0.3 is 4.90 Å². The lowest BCUT2D eigenvalue weighted by molar-refractivity contribution is 0.626. The molecule has 0 N–H and O–H groups in total. The first-order valence-corrected chi connectivity index (χ1v) is 7.21. The van der Waals surface area contributed by atoms with Gasteiger partial charge in [0.15, 0.2) is 0 Å². The molecule has 0 radical (unpaired) electrons. The zero-order valence-electron chi connectivity index (χ0n) is 12.1. The second-order valence-corrected chi connectivity index (χ2v) is 5.56. The van der Waals surface area contributed by atoms with Crippen LogP contribution in [0.5, 0.6) is 0 Å². The predicted molar refractivity (Wildman–Crippen MR) is 92.0 cm³/mol. The van der Waals surface area contributed by atoms with Crippen LogP contribution in [0.4, 0.5) is 15.8 Å². The van der Waals surface area contributed by atoms with Crippen LogP contribution in [-0.4, -0.2) is 31.5 Å². The summed E-state index contributed by atoms with van der Waals surface area (Å²) >= 11 is 12.3. The van der Waals surface area contributed by atoms with Crippen molar-refractivity contribution in [3.8, 4) is 0 Å². The van der Waals surface area contributed by atoms with Crippen LogP contribution in [0.3, 0.4) is 0 Å². The Bertz CT molecular complexity index is 704. The average molecular weight is 338 g/mol. The van der Waals surface area contributed by atoms with E-state index in [9.17, 15) is 4.39 Å². The molecule has 0 saturated carbocycles. The van der Waals surface area contributed by atoms with Crippen molar-refractivity contribution >= 4 is 47.1 Å². The van der Waals surface area contributed by atoms with Crippen LogP contribution >= 0.6 is 23.2 Å². The molecular weight excluding hydrogens is 324 g/mol. The molecule has 0 atom stereocenters. The summed E-state index contributed by atoms with van der Waals surface area (Å²) in [7, 11) is 3.69. The molecule has 0 aliphatic rings. The van der Waals surface area contributed by atoms with Crippen LogP contribution in [0.25, 0.3) is 0 Å². The van der Waals surface area contributed by atoms with Gasteiger partial charge in [-0.1, -0.05) is 41.4 Å². The summed E-state index contributed by atoms with van der Waals surface area (Å²) in [5, 5.41) is 0.762. The third kappa shape index (κ3) is 4.29. The molecule has 0 unspecified atom stereocenters. The summed E-state index contributed by atoms with van der Waals surface area (Å²) in [4.78, 5) is 10.2. The van der Waals surface area contributed by atoms with Gasteiger partial charge in [0.1, 0.15) is 11.5 Å². The number of hydrogen-bond donors (Lipinski definition) is 0. The molecule has 114 valence electrons. The smallest absolute Gasteiger partial charge is 0.131 e. The summed E-state index contributed by atoms with van der Waals surface area (Å²) < 4.78 is 13.5. The second kappa shape index (κ2) is 7.38. The highest BCUT2D eigenvalue weighted by Crippen LogP contribution is 2.36. The molecule has 0 bridgehead atoms. The molecule has 0 aromatic heterocycles. The first-order valence-electron chi connectivity index (χ1n) is 6.45. The van der Waals surface area contributed by atoms with E-state index in [1.165, 1.54) is 12.3 Å². The van der Waals surface area contributed by atoms with Crippen molar-refractivity contribution < 1.29 is 4.39 Å². The van der Waals surface area contributed by atoms with Gasteiger partial charge in [0.25, 0.3) is 0 Å². The number of benzene rings is 2. The normalized spacial score (nSPS) is 11.5. The van der Waals surface area contributed by atoms with E-state index in [1.54, 1.807) is 41.6 Å². The predicted octanol–water partition coefficient (Wildman–Crippen LogP) is 5.10. The van der Waals surface area contributed by atoms with Gasteiger partial charge in [-0.05, 0) is 18.2 Å². The quantitative estimate of drug-likeness (QED) is 0.563. The van der Waals surface area contributed by atoms with Gasteiger partial charge >= 0.3 is 0 Å². The van der Waals surface area contributed by atoms with Crippen molar-refractivity contribution in [1.29, 1.82) is 0 Å². The Morgan fingerprint density at radius 1 is 1.05 bits per heavy atom. The molecule has 0 heterocycles. The van der Waals surface area contributed by atoms with Gasteiger partial charge in [-0.2, -0.15) is 0 Å². The fraction of sp³-hybridized carbons (Fsp3) is 0.125. The zero-order valence-corrected chi connectivity index (χ0v) is 13.6. The molecular formula is C16H14Cl2FN3. The Morgan fingerprint density at radius 2 is 1.68 bits per heavy atom. The van der Waals surface area contributed by atoms with E-state index < -0.39 is 0 Å². The fourth-order valence-corrected chi connectivity index (χ4v) is 2.22. The third-order valence-electron chi connectivity index (χ3n) is 2.68. The topological polar surface area (TPSA) is 28.0 Å². The first kappa shape index (κ1) is 16.5. The van der Waals surface area contributed by atoms with Crippen LogP contribution in [0.15, 0.2) is 46.4 Å². The van der Waals surface area contributed by atoms with E-state index in [-0.39, 0.29) is 5.82 Å². The van der Waals surface area contributed by atoms with Crippen LogP contribution in [0.1, 0.15) is 5.56 Å². The maximum Gasteiger partial charge on any atom is 0.131 e. The second-order valence-electron chi connectivity index (χ2n) is 4.75. The lowest BCUT2D eigenvalue weighted by atomic mass is 10.2. The molecule has 0 amide bonds. The lowest BCUT2D eigenvalue weighted by Gasteiger charge is -2.06. The van der Waals surface area contributed by atoms with Crippen molar-refractivity contribution in [2.75, 3.05) is 14.1 Å². The summed E-state index contributed by atoms with van der Waals surface area (Å²) in [6.07, 6.45) is 3.04. The minimum Gasteiger partial charge on any atom is -0.369 e. The Labute approximate surface area is 138 Å². The number of nitrogens with zero attached hydrogens (tertiary/aromatic N) is 3. The lowest BCUT2D eigenvalue weighted by Crippen LogP contribution is -2.07. The van der Waals surface area contributed by atoms with Gasteiger partial charge in [0.2, 0.25) is 0 Å². The maximum absolute atomic E-state index is 13.5. The molecule has 0 aliphatic carbocycles. The third-order valence-corrected chi connectivity index (χ3v) is 3.25. The van der Waals surface area contributed by atoms with E-state index in [0.29, 0.717) is 27.0 Å². The van der Waals surface area contributed by atoms with Gasteiger partial charge in [-0.25, -0.2) is 9.38 Å². The molecule has 6 heteroatoms. The van der Waals surface area contributed by atoms with Crippen LogP contribution < -0.4 is 0 Å². The van der Waals surface area contributed by atoms with Crippen molar-refractivity contribution in [3.63, 3.8) is 0 Å². The highest BCUT2D eigenvalue weighted by Gasteiger charge is 2.07. The SMILES string of the molecule is CN(C)C=Nc1c(Cl)cc(N=Cc2ccccc2F)cc1Cl. The van der Waals surface area contributed by atoms with Crippen LogP contribution in [-0.2, 0) is 0 Å². The zero-order chi connectivity index (χ0) is 16.1. The summed E-state index contributed by atoms with van der Waals surface area (Å²) in [5.74, 6) is -0.337. The average Bonchev–Trinajstić information content (AvgIpc) is 2.45. The summed E-state index contributed by atoms with van der Waals surface area (Å²) in [6, 6.07) is 9.64. The number of rotatable bonds is 4. The first-order chi connectivity index (χ1) is 10.5. The largest absolute Gasteiger partial charge is 0.369 e. The van der Waals surface area contributed by atoms with E-state index in [4.69, 9.17) is 23.2 Å². The van der Waals surface area contributed by atoms with Crippen LogP contribution in [0, 0.1) is 5.82 Å². The van der Waals surface area contributed by atoms with Gasteiger partial charge in [-0.3, -0.25) is 4.99 Å². The molecule has 2 aromatic rings. The molecule has 2 aromatic carbocycles. The van der Waals surface area contributed by atoms with Crippen molar-refractivity contribution in [2.24, 2.45) is 9.98 Å². The number of aliphatic imine (C=N–C) groups is 2. The van der Waals surface area contributed by atoms with E-state index >= 15 is 0 Å². The maximum atomic E-state index is 13.5. The van der Waals surface area contributed by atoms with Gasteiger partial charge in [-0.15, -0.1) is 0 Å². The van der Waals surface area contributed by atoms with Crippen molar-refractivity contribution in [2.45, 2.75) is 0 Å². The Hall–Kier alpha value is -1.91. The van der Waals surface area contributed by atoms with E-state index in [0.717, 1.165) is 0 Å². The Morgan fingerprint density at radius 3 is 2.27 bits per heavy atom.